The average molecular weight is 222 g/mol. The minimum atomic E-state index is 0.430. The highest BCUT2D eigenvalue weighted by molar-refractivity contribution is 8.00. The molecule has 1 aromatic rings. The molecule has 2 rings (SSSR count). The molecule has 3 heteroatoms. The molecule has 1 N–H and O–H groups in total. The number of hydrogen-bond donors (Lipinski definition) is 1. The minimum Gasteiger partial charge on any atom is -0.306 e. The number of pyridine rings is 1. The lowest BCUT2D eigenvalue weighted by atomic mass is 10.1. The van der Waals surface area contributed by atoms with Crippen molar-refractivity contribution in [1.29, 1.82) is 0 Å². The fourth-order valence-electron chi connectivity index (χ4n) is 2.02. The Morgan fingerprint density at radius 2 is 2.20 bits per heavy atom. The second-order valence-electron chi connectivity index (χ2n) is 4.14. The minimum absolute atomic E-state index is 0.430. The third-order valence-corrected chi connectivity index (χ3v) is 4.37. The zero-order valence-electron chi connectivity index (χ0n) is 9.31. The van der Waals surface area contributed by atoms with Crippen molar-refractivity contribution in [3.05, 3.63) is 30.1 Å². The summed E-state index contributed by atoms with van der Waals surface area (Å²) in [6.45, 7) is 4.54. The summed E-state index contributed by atoms with van der Waals surface area (Å²) in [4.78, 5) is 4.04. The van der Waals surface area contributed by atoms with Gasteiger partial charge in [0.25, 0.3) is 0 Å². The van der Waals surface area contributed by atoms with Gasteiger partial charge in [0.1, 0.15) is 0 Å². The molecule has 0 amide bonds. The Balaban J connectivity index is 1.95. The van der Waals surface area contributed by atoms with Crippen LogP contribution in [-0.4, -0.2) is 22.0 Å². The van der Waals surface area contributed by atoms with Gasteiger partial charge >= 0.3 is 0 Å². The number of hydrogen-bond acceptors (Lipinski definition) is 3. The number of rotatable bonds is 3. The normalized spacial score (nSPS) is 27.9. The van der Waals surface area contributed by atoms with Gasteiger partial charge in [0, 0.05) is 29.7 Å². The van der Waals surface area contributed by atoms with Gasteiger partial charge in [-0.25, -0.2) is 0 Å². The van der Waals surface area contributed by atoms with Crippen LogP contribution in [-0.2, 0) is 0 Å². The summed E-state index contributed by atoms with van der Waals surface area (Å²) in [5, 5.41) is 4.44. The molecular weight excluding hydrogens is 204 g/mol. The highest BCUT2D eigenvalue weighted by Crippen LogP contribution is 2.28. The van der Waals surface area contributed by atoms with Crippen molar-refractivity contribution in [2.45, 2.75) is 37.6 Å². The molecule has 82 valence electrons. The number of nitrogens with one attached hydrogen (secondary N) is 1. The molecule has 1 aromatic heterocycles. The van der Waals surface area contributed by atoms with Gasteiger partial charge in [0.2, 0.25) is 0 Å². The van der Waals surface area contributed by atoms with E-state index in [1.165, 1.54) is 17.7 Å². The maximum atomic E-state index is 4.04. The summed E-state index contributed by atoms with van der Waals surface area (Å²) in [5.74, 6) is 1.29. The number of aromatic nitrogens is 1. The van der Waals surface area contributed by atoms with Crippen molar-refractivity contribution in [2.24, 2.45) is 0 Å². The molecule has 3 atom stereocenters. The Kier molecular flexibility index (Phi) is 3.65. The fourth-order valence-corrected chi connectivity index (χ4v) is 3.23. The van der Waals surface area contributed by atoms with Crippen LogP contribution in [0.15, 0.2) is 24.5 Å². The zero-order chi connectivity index (χ0) is 10.7. The first kappa shape index (κ1) is 11.0. The van der Waals surface area contributed by atoms with Crippen LogP contribution < -0.4 is 5.32 Å². The van der Waals surface area contributed by atoms with E-state index in [0.29, 0.717) is 12.1 Å². The lowest BCUT2D eigenvalue weighted by Gasteiger charge is -2.22. The Morgan fingerprint density at radius 1 is 1.47 bits per heavy atom. The van der Waals surface area contributed by atoms with E-state index in [9.17, 15) is 0 Å². The number of thioether (sulfide) groups is 1. The van der Waals surface area contributed by atoms with Crippen molar-refractivity contribution in [3.8, 4) is 0 Å². The molecule has 15 heavy (non-hydrogen) atoms. The quantitative estimate of drug-likeness (QED) is 0.851. The fraction of sp³-hybridized carbons (Fsp3) is 0.583. The summed E-state index contributed by atoms with van der Waals surface area (Å²) >= 11 is 2.07. The Labute approximate surface area is 95.9 Å². The van der Waals surface area contributed by atoms with Crippen LogP contribution in [0.1, 0.15) is 31.9 Å². The van der Waals surface area contributed by atoms with Crippen LogP contribution in [0.2, 0.25) is 0 Å². The van der Waals surface area contributed by atoms with Crippen LogP contribution >= 0.6 is 11.8 Å². The molecule has 1 aliphatic heterocycles. The van der Waals surface area contributed by atoms with Gasteiger partial charge in [-0.15, -0.1) is 0 Å². The first-order chi connectivity index (χ1) is 7.27. The largest absolute Gasteiger partial charge is 0.306 e. The van der Waals surface area contributed by atoms with Crippen LogP contribution in [0, 0.1) is 0 Å². The monoisotopic (exact) mass is 222 g/mol. The molecule has 0 radical (unpaired) electrons. The maximum absolute atomic E-state index is 4.04. The van der Waals surface area contributed by atoms with Gasteiger partial charge in [-0.05, 0) is 36.8 Å². The van der Waals surface area contributed by atoms with Gasteiger partial charge in [0.15, 0.2) is 0 Å². The summed E-state index contributed by atoms with van der Waals surface area (Å²) in [6, 6.07) is 5.27. The first-order valence-electron chi connectivity index (χ1n) is 5.55. The molecule has 1 saturated heterocycles. The van der Waals surface area contributed by atoms with Gasteiger partial charge in [0.05, 0.1) is 0 Å². The van der Waals surface area contributed by atoms with E-state index in [2.05, 4.69) is 48.0 Å². The Bertz CT molecular complexity index is 302. The third-order valence-electron chi connectivity index (χ3n) is 3.05. The van der Waals surface area contributed by atoms with E-state index in [1.807, 2.05) is 12.4 Å². The molecule has 2 heterocycles. The molecular formula is C12H18N2S. The van der Waals surface area contributed by atoms with E-state index < -0.39 is 0 Å². The molecule has 0 spiro atoms. The van der Waals surface area contributed by atoms with Gasteiger partial charge < -0.3 is 5.32 Å². The van der Waals surface area contributed by atoms with Crippen molar-refractivity contribution in [2.75, 3.05) is 5.75 Å². The SMILES string of the molecule is CC1SCCC1N[C@H](C)c1ccncc1. The second-order valence-corrected chi connectivity index (χ2v) is 5.63. The van der Waals surface area contributed by atoms with Crippen molar-refractivity contribution >= 4 is 11.8 Å². The molecule has 0 aromatic carbocycles. The molecule has 1 aliphatic rings. The molecule has 0 saturated carbocycles. The van der Waals surface area contributed by atoms with Crippen LogP contribution in [0.4, 0.5) is 0 Å². The molecule has 0 bridgehead atoms. The van der Waals surface area contributed by atoms with E-state index in [0.717, 1.165) is 5.25 Å². The van der Waals surface area contributed by atoms with E-state index in [1.54, 1.807) is 0 Å². The van der Waals surface area contributed by atoms with Crippen molar-refractivity contribution in [1.82, 2.24) is 10.3 Å². The van der Waals surface area contributed by atoms with Gasteiger partial charge in [-0.3, -0.25) is 4.98 Å². The van der Waals surface area contributed by atoms with Gasteiger partial charge in [-0.2, -0.15) is 11.8 Å². The maximum Gasteiger partial charge on any atom is 0.0295 e. The van der Waals surface area contributed by atoms with E-state index in [4.69, 9.17) is 0 Å². The molecule has 2 nitrogen and oxygen atoms in total. The average Bonchev–Trinajstić information content (AvgIpc) is 2.66. The lowest BCUT2D eigenvalue weighted by molar-refractivity contribution is 0.454. The highest BCUT2D eigenvalue weighted by Gasteiger charge is 2.25. The predicted molar refractivity (Wildman–Crippen MR) is 66.1 cm³/mol. The molecule has 1 fully saturated rings. The first-order valence-corrected chi connectivity index (χ1v) is 6.60. The topological polar surface area (TPSA) is 24.9 Å². The van der Waals surface area contributed by atoms with Gasteiger partial charge in [-0.1, -0.05) is 6.92 Å². The summed E-state index contributed by atoms with van der Waals surface area (Å²) in [6.07, 6.45) is 5.02. The van der Waals surface area contributed by atoms with E-state index >= 15 is 0 Å². The molecule has 0 aliphatic carbocycles. The van der Waals surface area contributed by atoms with Crippen molar-refractivity contribution in [3.63, 3.8) is 0 Å². The van der Waals surface area contributed by atoms with Crippen molar-refractivity contribution < 1.29 is 0 Å². The summed E-state index contributed by atoms with van der Waals surface area (Å²) in [7, 11) is 0. The highest BCUT2D eigenvalue weighted by atomic mass is 32.2. The lowest BCUT2D eigenvalue weighted by Crippen LogP contribution is -2.35. The predicted octanol–water partition coefficient (Wildman–Crippen LogP) is 2.63. The smallest absolute Gasteiger partial charge is 0.0295 e. The number of nitrogens with zero attached hydrogens (tertiary/aromatic N) is 1. The third kappa shape index (κ3) is 2.73. The second kappa shape index (κ2) is 4.99. The van der Waals surface area contributed by atoms with Crippen LogP contribution in [0.3, 0.4) is 0 Å². The summed E-state index contributed by atoms with van der Waals surface area (Å²) in [5.41, 5.74) is 1.33. The standard InChI is InChI=1S/C12H18N2S/c1-9(11-3-6-13-7-4-11)14-12-5-8-15-10(12)2/h3-4,6-7,9-10,12,14H,5,8H2,1-2H3/t9-,10?,12?/m1/s1. The zero-order valence-corrected chi connectivity index (χ0v) is 10.1. The van der Waals surface area contributed by atoms with Crippen LogP contribution in [0.5, 0.6) is 0 Å². The summed E-state index contributed by atoms with van der Waals surface area (Å²) < 4.78 is 0. The van der Waals surface area contributed by atoms with E-state index in [-0.39, 0.29) is 0 Å². The Hall–Kier alpha value is -0.540. The molecule has 2 unspecified atom stereocenters. The van der Waals surface area contributed by atoms with Crippen LogP contribution in [0.25, 0.3) is 0 Å². The Morgan fingerprint density at radius 3 is 2.80 bits per heavy atom.